The van der Waals surface area contributed by atoms with Crippen LogP contribution in [0.4, 0.5) is 0 Å². The third kappa shape index (κ3) is 18.2. The van der Waals surface area contributed by atoms with Crippen molar-refractivity contribution in [3.05, 3.63) is 26.0 Å². The number of hydrogen-bond donors (Lipinski definition) is 0. The van der Waals surface area contributed by atoms with Gasteiger partial charge in [-0.3, -0.25) is 0 Å². The van der Waals surface area contributed by atoms with Gasteiger partial charge in [0.05, 0.1) is 0 Å². The van der Waals surface area contributed by atoms with Gasteiger partial charge in [-0.05, 0) is 43.4 Å². The number of rotatable bonds is 22. The number of allylic oxidation sites excluding steroid dienone is 2. The highest BCUT2D eigenvalue weighted by Crippen LogP contribution is 2.24. The average molecular weight is 405 g/mol. The molecular weight excluding hydrogens is 348 g/mol. The third-order valence-corrected chi connectivity index (χ3v) is 7.07. The molecule has 0 fully saturated rings. The Kier molecular flexibility index (Phi) is 22.2. The summed E-state index contributed by atoms with van der Waals surface area (Å²) in [6, 6.07) is 0. The van der Waals surface area contributed by atoms with Crippen LogP contribution in [0.5, 0.6) is 0 Å². The maximum Gasteiger partial charge on any atom is -0.0348 e. The van der Waals surface area contributed by atoms with Gasteiger partial charge in [-0.25, -0.2) is 0 Å². The number of hydrogen-bond acceptors (Lipinski definition) is 0. The van der Waals surface area contributed by atoms with Crippen LogP contribution in [0.2, 0.25) is 0 Å². The van der Waals surface area contributed by atoms with Crippen LogP contribution < -0.4 is 0 Å². The second-order valence-corrected chi connectivity index (χ2v) is 9.43. The lowest BCUT2D eigenvalue weighted by molar-refractivity contribution is 0.376. The molecule has 0 saturated heterocycles. The van der Waals surface area contributed by atoms with E-state index in [0.717, 1.165) is 30.6 Å². The Hall–Kier alpha value is -0.260. The van der Waals surface area contributed by atoms with E-state index < -0.39 is 0 Å². The molecule has 3 atom stereocenters. The van der Waals surface area contributed by atoms with Crippen molar-refractivity contribution in [3.8, 4) is 0 Å². The van der Waals surface area contributed by atoms with E-state index in [2.05, 4.69) is 46.8 Å². The molecule has 0 heteroatoms. The molecule has 3 unspecified atom stereocenters. The first-order chi connectivity index (χ1) is 14.2. The summed E-state index contributed by atoms with van der Waals surface area (Å²) in [6.45, 7) is 15.1. The molecule has 0 N–H and O–H groups in total. The molecule has 0 nitrogen and oxygen atoms in total. The second-order valence-electron chi connectivity index (χ2n) is 9.43. The monoisotopic (exact) mass is 404 g/mol. The minimum atomic E-state index is 0.892. The molecule has 0 aliphatic rings. The zero-order chi connectivity index (χ0) is 21.6. The molecule has 0 aliphatic carbocycles. The van der Waals surface area contributed by atoms with E-state index in [9.17, 15) is 0 Å². The van der Waals surface area contributed by atoms with Gasteiger partial charge in [-0.2, -0.15) is 0 Å². The van der Waals surface area contributed by atoms with Crippen molar-refractivity contribution >= 4 is 0 Å². The van der Waals surface area contributed by atoms with Crippen LogP contribution in [-0.4, -0.2) is 0 Å². The van der Waals surface area contributed by atoms with Crippen molar-refractivity contribution in [1.29, 1.82) is 0 Å². The molecule has 0 aromatic rings. The quantitative estimate of drug-likeness (QED) is 0.124. The molecule has 0 heterocycles. The zero-order valence-corrected chi connectivity index (χ0v) is 20.7. The first-order valence-corrected chi connectivity index (χ1v) is 13.4. The summed E-state index contributed by atoms with van der Waals surface area (Å²) in [5, 5.41) is 0. The van der Waals surface area contributed by atoms with E-state index in [4.69, 9.17) is 0 Å². The van der Waals surface area contributed by atoms with Crippen LogP contribution in [0, 0.1) is 31.6 Å². The largest absolute Gasteiger partial charge is 0.0885 e. The Bertz CT molecular complexity index is 329. The molecule has 0 rings (SSSR count). The fourth-order valence-electron chi connectivity index (χ4n) is 4.69. The highest BCUT2D eigenvalue weighted by atomic mass is 14.1. The van der Waals surface area contributed by atoms with Gasteiger partial charge in [0.2, 0.25) is 0 Å². The molecule has 0 bridgehead atoms. The maximum atomic E-state index is 4.00. The lowest BCUT2D eigenvalue weighted by Crippen LogP contribution is -2.01. The number of unbranched alkanes of at least 4 members (excludes halogenated alkanes) is 5. The summed E-state index contributed by atoms with van der Waals surface area (Å²) in [5.41, 5.74) is 0. The fraction of sp³-hybridized carbons (Fsp3) is 0.862. The average Bonchev–Trinajstić information content (AvgIpc) is 2.74. The summed E-state index contributed by atoms with van der Waals surface area (Å²) in [5.74, 6) is 2.83. The lowest BCUT2D eigenvalue weighted by atomic mass is 9.90. The van der Waals surface area contributed by atoms with Crippen LogP contribution in [0.15, 0.2) is 12.2 Å². The Morgan fingerprint density at radius 3 is 1.48 bits per heavy atom. The molecular formula is C29H56. The molecule has 172 valence electrons. The van der Waals surface area contributed by atoms with Crippen molar-refractivity contribution in [2.45, 2.75) is 143 Å². The Morgan fingerprint density at radius 1 is 0.483 bits per heavy atom. The minimum Gasteiger partial charge on any atom is -0.0885 e. The molecule has 0 saturated carbocycles. The predicted molar refractivity (Wildman–Crippen MR) is 135 cm³/mol. The van der Waals surface area contributed by atoms with Crippen molar-refractivity contribution in [2.24, 2.45) is 17.8 Å². The first-order valence-electron chi connectivity index (χ1n) is 13.4. The predicted octanol–water partition coefficient (Wildman–Crippen LogP) is 10.5. The molecule has 0 aromatic carbocycles. The van der Waals surface area contributed by atoms with E-state index in [-0.39, 0.29) is 0 Å². The van der Waals surface area contributed by atoms with Gasteiger partial charge >= 0.3 is 0 Å². The van der Waals surface area contributed by atoms with Gasteiger partial charge in [0.25, 0.3) is 0 Å². The Morgan fingerprint density at radius 2 is 0.966 bits per heavy atom. The van der Waals surface area contributed by atoms with Crippen LogP contribution >= 0.6 is 0 Å². The molecule has 2 radical (unpaired) electrons. The van der Waals surface area contributed by atoms with Gasteiger partial charge in [0.1, 0.15) is 0 Å². The van der Waals surface area contributed by atoms with E-state index in [1.807, 2.05) is 0 Å². The standard InChI is InChI=1S/C29H56/c1-6-11-16-22-28(9-4)25-19-15-20-26-29(10-5)24-18-14-12-13-17-23-27(8-3)21-7-2/h12-13,27-29H,1-2,6-11,14-26H2,3-5H3/b13-12+. The van der Waals surface area contributed by atoms with Gasteiger partial charge in [0.15, 0.2) is 0 Å². The zero-order valence-electron chi connectivity index (χ0n) is 20.7. The Labute approximate surface area is 186 Å². The van der Waals surface area contributed by atoms with Crippen molar-refractivity contribution < 1.29 is 0 Å². The van der Waals surface area contributed by atoms with Crippen molar-refractivity contribution in [3.63, 3.8) is 0 Å². The van der Waals surface area contributed by atoms with Crippen LogP contribution in [-0.2, 0) is 0 Å². The van der Waals surface area contributed by atoms with Gasteiger partial charge < -0.3 is 0 Å². The maximum absolute atomic E-state index is 4.00. The third-order valence-electron chi connectivity index (χ3n) is 7.07. The normalized spacial score (nSPS) is 15.1. The SMILES string of the molecule is [CH2]CCCCC(CC)CCCCCC(CC)CCC/C=C/CCC(CC)CC[CH2]. The van der Waals surface area contributed by atoms with E-state index in [1.54, 1.807) is 0 Å². The van der Waals surface area contributed by atoms with E-state index in [0.29, 0.717) is 0 Å². The summed E-state index contributed by atoms with van der Waals surface area (Å²) in [4.78, 5) is 0. The van der Waals surface area contributed by atoms with E-state index >= 15 is 0 Å². The molecule has 29 heavy (non-hydrogen) atoms. The van der Waals surface area contributed by atoms with Crippen molar-refractivity contribution in [2.75, 3.05) is 0 Å². The Balaban J connectivity index is 3.70. The van der Waals surface area contributed by atoms with Gasteiger partial charge in [-0.15, -0.1) is 0 Å². The van der Waals surface area contributed by atoms with Gasteiger partial charge in [0, 0.05) is 0 Å². The second kappa shape index (κ2) is 22.4. The summed E-state index contributed by atoms with van der Waals surface area (Å²) in [6.07, 6.45) is 30.6. The smallest absolute Gasteiger partial charge is 0.0348 e. The summed E-state index contributed by atoms with van der Waals surface area (Å²) >= 11 is 0. The van der Waals surface area contributed by atoms with Gasteiger partial charge in [-0.1, -0.05) is 143 Å². The lowest BCUT2D eigenvalue weighted by Gasteiger charge is -2.16. The van der Waals surface area contributed by atoms with Crippen LogP contribution in [0.3, 0.4) is 0 Å². The van der Waals surface area contributed by atoms with Crippen LogP contribution in [0.25, 0.3) is 0 Å². The summed E-state index contributed by atoms with van der Waals surface area (Å²) < 4.78 is 0. The molecule has 0 aromatic heterocycles. The molecule has 0 amide bonds. The molecule has 0 spiro atoms. The topological polar surface area (TPSA) is 0 Å². The highest BCUT2D eigenvalue weighted by molar-refractivity contribution is 4.82. The van der Waals surface area contributed by atoms with E-state index in [1.165, 1.54) is 109 Å². The fourth-order valence-corrected chi connectivity index (χ4v) is 4.69. The molecule has 0 aliphatic heterocycles. The van der Waals surface area contributed by atoms with Crippen molar-refractivity contribution in [1.82, 2.24) is 0 Å². The first kappa shape index (κ1) is 28.7. The minimum absolute atomic E-state index is 0.892. The summed E-state index contributed by atoms with van der Waals surface area (Å²) in [7, 11) is 0. The van der Waals surface area contributed by atoms with Crippen LogP contribution in [0.1, 0.15) is 143 Å². The highest BCUT2D eigenvalue weighted by Gasteiger charge is 2.08.